The van der Waals surface area contributed by atoms with Crippen molar-refractivity contribution in [3.63, 3.8) is 0 Å². The second-order valence-electron chi connectivity index (χ2n) is 6.26. The van der Waals surface area contributed by atoms with Gasteiger partial charge < -0.3 is 9.30 Å². The van der Waals surface area contributed by atoms with Gasteiger partial charge in [-0.25, -0.2) is 10.4 Å². The van der Waals surface area contributed by atoms with Crippen LogP contribution in [0.25, 0.3) is 16.6 Å². The van der Waals surface area contributed by atoms with E-state index in [9.17, 15) is 4.79 Å². The van der Waals surface area contributed by atoms with E-state index >= 15 is 0 Å². The number of hydrogen-bond acceptors (Lipinski definition) is 4. The molecule has 0 unspecified atom stereocenters. The first-order valence-corrected chi connectivity index (χ1v) is 9.23. The number of hydrogen-bond donors (Lipinski definition) is 1. The molecule has 0 saturated heterocycles. The highest BCUT2D eigenvalue weighted by atomic mass is 35.5. The number of hydrazone groups is 1. The first-order chi connectivity index (χ1) is 14.1. The highest BCUT2D eigenvalue weighted by Crippen LogP contribution is 2.23. The number of methoxy groups -OCH3 is 1. The average Bonchev–Trinajstić information content (AvgIpc) is 3.28. The fraction of sp³-hybridized carbons (Fsp3) is 0.0455. The van der Waals surface area contributed by atoms with Crippen molar-refractivity contribution in [1.29, 1.82) is 0 Å². The SMILES string of the molecule is COc1nc2ccc(Cl)cc2cc1C=NNC(=O)c1ccc(-n2cccc2)cc1. The number of pyridine rings is 1. The highest BCUT2D eigenvalue weighted by Gasteiger charge is 2.08. The molecule has 4 rings (SSSR count). The number of nitrogens with zero attached hydrogens (tertiary/aromatic N) is 3. The summed E-state index contributed by atoms with van der Waals surface area (Å²) in [4.78, 5) is 16.8. The van der Waals surface area contributed by atoms with E-state index in [1.54, 1.807) is 18.2 Å². The first kappa shape index (κ1) is 18.7. The van der Waals surface area contributed by atoms with Crippen molar-refractivity contribution in [2.75, 3.05) is 7.11 Å². The van der Waals surface area contributed by atoms with Crippen molar-refractivity contribution in [3.05, 3.63) is 89.2 Å². The topological polar surface area (TPSA) is 68.5 Å². The molecule has 1 N–H and O–H groups in total. The summed E-state index contributed by atoms with van der Waals surface area (Å²) in [7, 11) is 1.53. The van der Waals surface area contributed by atoms with Crippen LogP contribution in [-0.4, -0.2) is 28.8 Å². The van der Waals surface area contributed by atoms with Crippen molar-refractivity contribution in [1.82, 2.24) is 15.0 Å². The Bertz CT molecular complexity index is 1190. The number of fused-ring (bicyclic) bond motifs is 1. The molecule has 144 valence electrons. The Morgan fingerprint density at radius 2 is 1.90 bits per heavy atom. The van der Waals surface area contributed by atoms with Crippen molar-refractivity contribution < 1.29 is 9.53 Å². The molecule has 0 bridgehead atoms. The number of ether oxygens (including phenoxy) is 1. The fourth-order valence-corrected chi connectivity index (χ4v) is 3.10. The maximum absolute atomic E-state index is 12.3. The van der Waals surface area contributed by atoms with Gasteiger partial charge in [-0.2, -0.15) is 5.10 Å². The number of carbonyl (C=O) groups is 1. The molecule has 0 atom stereocenters. The lowest BCUT2D eigenvalue weighted by Crippen LogP contribution is -2.17. The molecule has 4 aromatic rings. The minimum Gasteiger partial charge on any atom is -0.481 e. The zero-order valence-electron chi connectivity index (χ0n) is 15.5. The lowest BCUT2D eigenvalue weighted by molar-refractivity contribution is 0.0955. The van der Waals surface area contributed by atoms with Crippen LogP contribution in [0.2, 0.25) is 5.02 Å². The fourth-order valence-electron chi connectivity index (χ4n) is 2.92. The van der Waals surface area contributed by atoms with Crippen molar-refractivity contribution in [2.45, 2.75) is 0 Å². The monoisotopic (exact) mass is 404 g/mol. The molecule has 1 amide bonds. The second-order valence-corrected chi connectivity index (χ2v) is 6.70. The number of amides is 1. The molecular weight excluding hydrogens is 388 g/mol. The predicted octanol–water partition coefficient (Wildman–Crippen LogP) is 4.45. The number of rotatable bonds is 5. The van der Waals surface area contributed by atoms with Crippen molar-refractivity contribution >= 4 is 34.6 Å². The highest BCUT2D eigenvalue weighted by molar-refractivity contribution is 6.31. The zero-order valence-corrected chi connectivity index (χ0v) is 16.3. The van der Waals surface area contributed by atoms with Crippen LogP contribution in [0, 0.1) is 0 Å². The van der Waals surface area contributed by atoms with E-state index in [4.69, 9.17) is 16.3 Å². The van der Waals surface area contributed by atoms with Crippen LogP contribution in [0.4, 0.5) is 0 Å². The van der Waals surface area contributed by atoms with Gasteiger partial charge >= 0.3 is 0 Å². The van der Waals surface area contributed by atoms with Gasteiger partial charge in [0.1, 0.15) is 0 Å². The molecule has 7 heteroatoms. The summed E-state index contributed by atoms with van der Waals surface area (Å²) < 4.78 is 7.29. The molecular formula is C22H17ClN4O2. The van der Waals surface area contributed by atoms with E-state index in [0.29, 0.717) is 22.0 Å². The molecule has 29 heavy (non-hydrogen) atoms. The quantitative estimate of drug-likeness (QED) is 0.394. The largest absolute Gasteiger partial charge is 0.481 e. The summed E-state index contributed by atoms with van der Waals surface area (Å²) in [6.45, 7) is 0. The average molecular weight is 405 g/mol. The van der Waals surface area contributed by atoms with Gasteiger partial charge in [-0.3, -0.25) is 4.79 Å². The number of benzene rings is 2. The van der Waals surface area contributed by atoms with Gasteiger partial charge in [-0.1, -0.05) is 11.6 Å². The van der Waals surface area contributed by atoms with E-state index < -0.39 is 0 Å². The molecule has 0 aliphatic rings. The summed E-state index contributed by atoms with van der Waals surface area (Å²) >= 11 is 6.05. The summed E-state index contributed by atoms with van der Waals surface area (Å²) in [6.07, 6.45) is 5.38. The van der Waals surface area contributed by atoms with Gasteiger partial charge in [0, 0.05) is 34.1 Å². The number of aromatic nitrogens is 2. The van der Waals surface area contributed by atoms with E-state index in [0.717, 1.165) is 16.6 Å². The summed E-state index contributed by atoms with van der Waals surface area (Å²) in [6, 6.07) is 18.4. The molecule has 0 spiro atoms. The van der Waals surface area contributed by atoms with E-state index in [1.165, 1.54) is 13.3 Å². The van der Waals surface area contributed by atoms with Crippen LogP contribution in [0.3, 0.4) is 0 Å². The minimum atomic E-state index is -0.309. The van der Waals surface area contributed by atoms with E-state index in [1.807, 2.05) is 59.4 Å². The number of nitrogens with one attached hydrogen (secondary N) is 1. The Hall–Kier alpha value is -3.64. The zero-order chi connectivity index (χ0) is 20.2. The van der Waals surface area contributed by atoms with Crippen LogP contribution in [0.5, 0.6) is 5.88 Å². The molecule has 2 heterocycles. The molecule has 0 aliphatic carbocycles. The third-order valence-electron chi connectivity index (χ3n) is 4.36. The van der Waals surface area contributed by atoms with Crippen molar-refractivity contribution in [3.8, 4) is 11.6 Å². The summed E-state index contributed by atoms with van der Waals surface area (Å²) in [5.41, 5.74) is 5.40. The Morgan fingerprint density at radius 3 is 2.62 bits per heavy atom. The standard InChI is InChI=1S/C22H17ClN4O2/c1-29-22-17(12-16-13-18(23)6-9-20(16)25-22)14-24-26-21(28)15-4-7-19(8-5-15)27-10-2-3-11-27/h2-14H,1H3,(H,26,28). The number of halogens is 1. The lowest BCUT2D eigenvalue weighted by Gasteiger charge is -2.07. The van der Waals surface area contributed by atoms with Gasteiger partial charge in [-0.05, 0) is 60.7 Å². The second kappa shape index (κ2) is 8.16. The van der Waals surface area contributed by atoms with Gasteiger partial charge in [-0.15, -0.1) is 0 Å². The summed E-state index contributed by atoms with van der Waals surface area (Å²) in [5, 5.41) is 5.51. The Labute approximate surface area is 172 Å². The Balaban J connectivity index is 1.50. The smallest absolute Gasteiger partial charge is 0.271 e. The normalized spacial score (nSPS) is 11.1. The number of carbonyl (C=O) groups excluding carboxylic acids is 1. The molecule has 2 aromatic heterocycles. The maximum Gasteiger partial charge on any atom is 0.271 e. The van der Waals surface area contributed by atoms with Gasteiger partial charge in [0.15, 0.2) is 0 Å². The van der Waals surface area contributed by atoms with E-state index in [2.05, 4.69) is 15.5 Å². The first-order valence-electron chi connectivity index (χ1n) is 8.85. The molecule has 0 fully saturated rings. The molecule has 2 aromatic carbocycles. The van der Waals surface area contributed by atoms with Gasteiger partial charge in [0.25, 0.3) is 5.91 Å². The van der Waals surface area contributed by atoms with Crippen LogP contribution in [0.1, 0.15) is 15.9 Å². The lowest BCUT2D eigenvalue weighted by atomic mass is 10.1. The molecule has 0 aliphatic heterocycles. The molecule has 6 nitrogen and oxygen atoms in total. The van der Waals surface area contributed by atoms with Crippen LogP contribution in [-0.2, 0) is 0 Å². The summed E-state index contributed by atoms with van der Waals surface area (Å²) in [5.74, 6) is 0.102. The minimum absolute atomic E-state index is 0.309. The van der Waals surface area contributed by atoms with Gasteiger partial charge in [0.05, 0.1) is 24.4 Å². The van der Waals surface area contributed by atoms with Crippen LogP contribution >= 0.6 is 11.6 Å². The molecule has 0 radical (unpaired) electrons. The third-order valence-corrected chi connectivity index (χ3v) is 4.60. The van der Waals surface area contributed by atoms with Crippen LogP contribution < -0.4 is 10.2 Å². The Kier molecular flexibility index (Phi) is 5.27. The van der Waals surface area contributed by atoms with E-state index in [-0.39, 0.29) is 5.91 Å². The van der Waals surface area contributed by atoms with Crippen molar-refractivity contribution in [2.24, 2.45) is 5.10 Å². The van der Waals surface area contributed by atoms with Crippen LogP contribution in [0.15, 0.2) is 78.2 Å². The Morgan fingerprint density at radius 1 is 1.14 bits per heavy atom. The van der Waals surface area contributed by atoms with Gasteiger partial charge in [0.2, 0.25) is 5.88 Å². The maximum atomic E-state index is 12.3. The third kappa shape index (κ3) is 4.12. The molecule has 0 saturated carbocycles. The predicted molar refractivity (Wildman–Crippen MR) is 114 cm³/mol.